The largest absolute Gasteiger partial charge is 0.497 e. The highest BCUT2D eigenvalue weighted by molar-refractivity contribution is 6.20. The van der Waals surface area contributed by atoms with Gasteiger partial charge in [0.05, 0.1) is 38.8 Å². The van der Waals surface area contributed by atoms with E-state index < -0.39 is 66.0 Å². The highest BCUT2D eigenvalue weighted by Crippen LogP contribution is 2.41. The lowest BCUT2D eigenvalue weighted by molar-refractivity contribution is 0.415. The summed E-state index contributed by atoms with van der Waals surface area (Å²) in [6.07, 6.45) is -0.648. The van der Waals surface area contributed by atoms with Crippen LogP contribution < -0.4 is 4.74 Å². The Bertz CT molecular complexity index is 2380. The van der Waals surface area contributed by atoms with Gasteiger partial charge in [0, 0.05) is 38.4 Å². The molecule has 3 aromatic heterocycles. The summed E-state index contributed by atoms with van der Waals surface area (Å²) < 4.78 is 94.4. The van der Waals surface area contributed by atoms with Crippen LogP contribution in [0, 0.1) is 6.85 Å². The summed E-state index contributed by atoms with van der Waals surface area (Å²) in [4.78, 5) is 4.48. The fraction of sp³-hybridized carbons (Fsp3) is 0.0606. The third kappa shape index (κ3) is 3.26. The van der Waals surface area contributed by atoms with Gasteiger partial charge >= 0.3 is 0 Å². The van der Waals surface area contributed by atoms with E-state index in [0.717, 1.165) is 27.5 Å². The van der Waals surface area contributed by atoms with Crippen LogP contribution in [0.25, 0.3) is 55.5 Å². The molecule has 178 valence electrons. The van der Waals surface area contributed by atoms with E-state index in [-0.39, 0.29) is 5.82 Å². The van der Waals surface area contributed by atoms with Crippen molar-refractivity contribution in [2.45, 2.75) is 6.85 Å². The summed E-state index contributed by atoms with van der Waals surface area (Å²) >= 11 is 0. The molecule has 0 saturated carbocycles. The van der Waals surface area contributed by atoms with E-state index in [1.165, 1.54) is 7.11 Å². The van der Waals surface area contributed by atoms with Crippen LogP contribution in [0.1, 0.15) is 19.3 Å². The lowest BCUT2D eigenvalue weighted by atomic mass is 10.0. The number of methoxy groups -OCH3 is 1. The maximum atomic E-state index is 9.37. The Morgan fingerprint density at radius 3 is 2.38 bits per heavy atom. The number of rotatable bonds is 4. The third-order valence-electron chi connectivity index (χ3n) is 6.51. The zero-order valence-electron chi connectivity index (χ0n) is 29.7. The zero-order chi connectivity index (χ0) is 33.5. The molecular weight excluding hydrogens is 454 g/mol. The van der Waals surface area contributed by atoms with E-state index in [2.05, 4.69) is 9.55 Å². The maximum absolute atomic E-state index is 9.37. The van der Waals surface area contributed by atoms with Crippen LogP contribution in [-0.4, -0.2) is 21.2 Å². The zero-order valence-corrected chi connectivity index (χ0v) is 19.7. The fourth-order valence-electron chi connectivity index (χ4n) is 4.94. The molecule has 0 spiro atoms. The number of aromatic nitrogens is 3. The highest BCUT2D eigenvalue weighted by atomic mass is 16.5. The summed E-state index contributed by atoms with van der Waals surface area (Å²) in [6.45, 7) is -3.03. The molecule has 4 nitrogen and oxygen atoms in total. The van der Waals surface area contributed by atoms with Crippen molar-refractivity contribution in [2.24, 2.45) is 0 Å². The van der Waals surface area contributed by atoms with Gasteiger partial charge in [-0.2, -0.15) is 0 Å². The first-order valence-electron chi connectivity index (χ1n) is 16.6. The standard InChI is InChI=1S/C33H25N3O/c1-22-19-31(34-21-28(22)23-11-5-3-6-12-23)36-30-20-25(37-2)17-18-27(30)32-33(36)26-15-9-10-16-29(26)35(32)24-13-7-4-8-14-24/h3-21H,1-2H3/i1D3,3D,5D,6D,11D,12D,19D,21D. The molecule has 0 aliphatic rings. The molecule has 0 radical (unpaired) electrons. The molecule has 3 heterocycles. The van der Waals surface area contributed by atoms with Crippen molar-refractivity contribution in [2.75, 3.05) is 7.11 Å². The van der Waals surface area contributed by atoms with Gasteiger partial charge in [-0.15, -0.1) is 0 Å². The first-order valence-corrected chi connectivity index (χ1v) is 11.6. The lowest BCUT2D eigenvalue weighted by Crippen LogP contribution is -1.99. The van der Waals surface area contributed by atoms with Crippen molar-refractivity contribution < 1.29 is 18.4 Å². The molecule has 0 aliphatic heterocycles. The number of pyridine rings is 1. The van der Waals surface area contributed by atoms with E-state index in [0.29, 0.717) is 16.8 Å². The Balaban J connectivity index is 1.69. The van der Waals surface area contributed by atoms with Crippen LogP contribution in [0.4, 0.5) is 0 Å². The van der Waals surface area contributed by atoms with Crippen LogP contribution in [0.5, 0.6) is 5.75 Å². The predicted octanol–water partition coefficient (Wildman–Crippen LogP) is 8.11. The molecule has 4 aromatic carbocycles. The van der Waals surface area contributed by atoms with Crippen molar-refractivity contribution in [3.63, 3.8) is 0 Å². The average Bonchev–Trinajstić information content (AvgIpc) is 3.56. The minimum Gasteiger partial charge on any atom is -0.497 e. The van der Waals surface area contributed by atoms with E-state index in [1.54, 1.807) is 16.7 Å². The molecule has 0 unspecified atom stereocenters. The average molecular weight is 490 g/mol. The number of para-hydroxylation sites is 2. The van der Waals surface area contributed by atoms with Crippen LogP contribution >= 0.6 is 0 Å². The Hall–Kier alpha value is -4.83. The molecular formula is C33H25N3O. The SMILES string of the molecule is [2H]c1nc(-n2c3cc(OC)ccc3c3c2c2ccccc2n3-c2ccccc2)c([2H])c(C([2H])([2H])[2H])c1-c1c([2H])c([2H])c([2H])c([2H])c1[2H]. The first kappa shape index (κ1) is 13.5. The molecule has 0 N–H and O–H groups in total. The van der Waals surface area contributed by atoms with Crippen LogP contribution in [0.15, 0.2) is 115 Å². The molecule has 0 bridgehead atoms. The molecule has 0 atom stereocenters. The van der Waals surface area contributed by atoms with Gasteiger partial charge < -0.3 is 9.30 Å². The summed E-state index contributed by atoms with van der Waals surface area (Å²) in [5.41, 5.74) is 1.98. The third-order valence-corrected chi connectivity index (χ3v) is 6.51. The van der Waals surface area contributed by atoms with Gasteiger partial charge in [0.15, 0.2) is 0 Å². The Labute approximate surface area is 229 Å². The van der Waals surface area contributed by atoms with Gasteiger partial charge in [-0.05, 0) is 54.4 Å². The second-order valence-electron chi connectivity index (χ2n) is 8.53. The number of hydrogen-bond acceptors (Lipinski definition) is 2. The number of hydrogen-bond donors (Lipinski definition) is 0. The van der Waals surface area contributed by atoms with Crippen LogP contribution in [0.3, 0.4) is 0 Å². The predicted molar refractivity (Wildman–Crippen MR) is 152 cm³/mol. The van der Waals surface area contributed by atoms with E-state index in [1.807, 2.05) is 60.7 Å². The lowest BCUT2D eigenvalue weighted by Gasteiger charge is -2.12. The molecule has 0 fully saturated rings. The number of fused-ring (bicyclic) bond motifs is 5. The second-order valence-corrected chi connectivity index (χ2v) is 8.53. The van der Waals surface area contributed by atoms with Gasteiger partial charge in [-0.3, -0.25) is 4.57 Å². The molecule has 0 saturated heterocycles. The van der Waals surface area contributed by atoms with E-state index in [9.17, 15) is 1.37 Å². The fourth-order valence-corrected chi connectivity index (χ4v) is 4.94. The summed E-state index contributed by atoms with van der Waals surface area (Å²) in [5.74, 6) is 0.334. The molecule has 7 aromatic rings. The van der Waals surface area contributed by atoms with E-state index >= 15 is 0 Å². The highest BCUT2D eigenvalue weighted by Gasteiger charge is 2.23. The van der Waals surface area contributed by atoms with Gasteiger partial charge in [-0.1, -0.05) is 66.6 Å². The molecule has 7 rings (SSSR count). The summed E-state index contributed by atoms with van der Waals surface area (Å²) in [7, 11) is 1.52. The number of benzene rings is 4. The van der Waals surface area contributed by atoms with Gasteiger partial charge in [0.1, 0.15) is 11.6 Å². The number of ether oxygens (including phenoxy) is 1. The monoisotopic (exact) mass is 489 g/mol. The molecule has 0 aliphatic carbocycles. The Kier molecular flexibility index (Phi) is 3.05. The smallest absolute Gasteiger partial charge is 0.137 e. The van der Waals surface area contributed by atoms with E-state index in [4.69, 9.17) is 17.1 Å². The molecule has 0 amide bonds. The van der Waals surface area contributed by atoms with Crippen molar-refractivity contribution in [3.8, 4) is 28.4 Å². The Morgan fingerprint density at radius 2 is 1.57 bits per heavy atom. The van der Waals surface area contributed by atoms with Crippen LogP contribution in [-0.2, 0) is 0 Å². The summed E-state index contributed by atoms with van der Waals surface area (Å²) in [5, 5.41) is 1.53. The quantitative estimate of drug-likeness (QED) is 0.250. The minimum atomic E-state index is -3.03. The Morgan fingerprint density at radius 1 is 0.811 bits per heavy atom. The number of nitrogens with zero attached hydrogens (tertiary/aromatic N) is 3. The van der Waals surface area contributed by atoms with Gasteiger partial charge in [0.2, 0.25) is 0 Å². The molecule has 4 heteroatoms. The first-order chi connectivity index (χ1) is 22.4. The van der Waals surface area contributed by atoms with Crippen LogP contribution in [0.2, 0.25) is 0 Å². The van der Waals surface area contributed by atoms with Gasteiger partial charge in [0.25, 0.3) is 0 Å². The topological polar surface area (TPSA) is 32.0 Å². The van der Waals surface area contributed by atoms with Crippen molar-refractivity contribution in [1.82, 2.24) is 14.1 Å². The van der Waals surface area contributed by atoms with Crippen molar-refractivity contribution in [3.05, 3.63) is 121 Å². The van der Waals surface area contributed by atoms with Crippen molar-refractivity contribution in [1.29, 1.82) is 0 Å². The minimum absolute atomic E-state index is 0.165. The normalized spacial score (nSPS) is 15.7. The molecule has 37 heavy (non-hydrogen) atoms. The summed E-state index contributed by atoms with van der Waals surface area (Å²) in [6, 6.07) is 18.8. The maximum Gasteiger partial charge on any atom is 0.137 e. The second kappa shape index (κ2) is 8.38. The van der Waals surface area contributed by atoms with Gasteiger partial charge in [-0.25, -0.2) is 4.98 Å². The van der Waals surface area contributed by atoms with Crippen molar-refractivity contribution >= 4 is 32.8 Å².